The molecule has 3 nitrogen and oxygen atoms in total. The number of para-hydroxylation sites is 1. The molecule has 0 unspecified atom stereocenters. The smallest absolute Gasteiger partial charge is 0.206 e. The van der Waals surface area contributed by atoms with Crippen LogP contribution in [0.25, 0.3) is 16.7 Å². The van der Waals surface area contributed by atoms with E-state index in [1.54, 1.807) is 18.2 Å². The fourth-order valence-electron chi connectivity index (χ4n) is 2.05. The number of hydrogen-bond donors (Lipinski definition) is 1. The summed E-state index contributed by atoms with van der Waals surface area (Å²) in [7, 11) is 0. The molecule has 0 atom stereocenters. The molecule has 0 spiro atoms. The van der Waals surface area contributed by atoms with Gasteiger partial charge in [-0.05, 0) is 24.3 Å². The summed E-state index contributed by atoms with van der Waals surface area (Å²) in [5, 5.41) is 0.513. The Bertz CT molecular complexity index is 810. The fraction of sp³-hybridized carbons (Fsp3) is 0. The number of nitrogens with two attached hydrogens (primary N) is 1. The summed E-state index contributed by atoms with van der Waals surface area (Å²) in [5.41, 5.74) is 6.17. The number of hydrogen-bond acceptors (Lipinski definition) is 2. The van der Waals surface area contributed by atoms with Gasteiger partial charge in [-0.15, -0.1) is 0 Å². The van der Waals surface area contributed by atoms with Gasteiger partial charge in [-0.2, -0.15) is 0 Å². The lowest BCUT2D eigenvalue weighted by Crippen LogP contribution is -2.03. The highest BCUT2D eigenvalue weighted by Gasteiger charge is 2.20. The lowest BCUT2D eigenvalue weighted by molar-refractivity contribution is 0.514. The number of nitrogens with zero attached hydrogens (tertiary/aromatic N) is 2. The van der Waals surface area contributed by atoms with Crippen molar-refractivity contribution < 1.29 is 8.78 Å². The molecule has 1 heterocycles. The molecule has 0 bridgehead atoms. The van der Waals surface area contributed by atoms with E-state index in [4.69, 9.17) is 28.9 Å². The number of fused-ring (bicyclic) bond motifs is 1. The van der Waals surface area contributed by atoms with E-state index < -0.39 is 11.6 Å². The van der Waals surface area contributed by atoms with Crippen LogP contribution in [0.15, 0.2) is 30.3 Å². The Morgan fingerprint density at radius 3 is 2.35 bits per heavy atom. The third-order valence-electron chi connectivity index (χ3n) is 2.90. The van der Waals surface area contributed by atoms with Crippen molar-refractivity contribution in [3.8, 4) is 5.69 Å². The minimum atomic E-state index is -1.05. The second-order valence-corrected chi connectivity index (χ2v) is 4.92. The molecule has 0 saturated carbocycles. The molecule has 7 heteroatoms. The standard InChI is InChI=1S/C13H7Cl2F2N3/c14-6-2-1-3-7(15)11(6)20-12-9(19-13(20)18)5-4-8(16)10(12)17/h1-5H,(H2,18,19). The third kappa shape index (κ3) is 1.82. The number of benzene rings is 2. The maximum atomic E-state index is 14.0. The summed E-state index contributed by atoms with van der Waals surface area (Å²) >= 11 is 12.2. The van der Waals surface area contributed by atoms with Crippen molar-refractivity contribution in [2.45, 2.75) is 0 Å². The molecule has 0 amide bonds. The number of nitrogen functional groups attached to an aromatic ring is 1. The fourth-order valence-corrected chi connectivity index (χ4v) is 2.62. The Morgan fingerprint density at radius 2 is 1.70 bits per heavy atom. The molecule has 2 aromatic carbocycles. The van der Waals surface area contributed by atoms with Crippen LogP contribution in [0.5, 0.6) is 0 Å². The molecular weight excluding hydrogens is 307 g/mol. The van der Waals surface area contributed by atoms with Crippen LogP contribution in [0.4, 0.5) is 14.7 Å². The monoisotopic (exact) mass is 313 g/mol. The SMILES string of the molecule is Nc1nc2ccc(F)c(F)c2n1-c1c(Cl)cccc1Cl. The number of halogens is 4. The molecule has 1 aromatic heterocycles. The summed E-state index contributed by atoms with van der Waals surface area (Å²) in [6.07, 6.45) is 0. The van der Waals surface area contributed by atoms with E-state index >= 15 is 0 Å². The van der Waals surface area contributed by atoms with Gasteiger partial charge in [0.15, 0.2) is 11.6 Å². The molecule has 0 fully saturated rings. The minimum absolute atomic E-state index is 0.0282. The molecule has 20 heavy (non-hydrogen) atoms. The van der Waals surface area contributed by atoms with Crippen LogP contribution in [0, 0.1) is 11.6 Å². The maximum Gasteiger partial charge on any atom is 0.206 e. The molecule has 0 aliphatic carbocycles. The quantitative estimate of drug-likeness (QED) is 0.732. The highest BCUT2D eigenvalue weighted by atomic mass is 35.5. The zero-order valence-electron chi connectivity index (χ0n) is 9.87. The Kier molecular flexibility index (Phi) is 3.03. The molecule has 102 valence electrons. The molecule has 0 aliphatic heterocycles. The topological polar surface area (TPSA) is 43.8 Å². The average molecular weight is 314 g/mol. The van der Waals surface area contributed by atoms with Gasteiger partial charge < -0.3 is 5.73 Å². The van der Waals surface area contributed by atoms with Crippen LogP contribution in [0.2, 0.25) is 10.0 Å². The zero-order chi connectivity index (χ0) is 14.4. The van der Waals surface area contributed by atoms with Gasteiger partial charge in [0.1, 0.15) is 5.52 Å². The van der Waals surface area contributed by atoms with Crippen molar-refractivity contribution in [3.05, 3.63) is 52.0 Å². The Hall–Kier alpha value is -1.85. The van der Waals surface area contributed by atoms with Crippen molar-refractivity contribution in [2.24, 2.45) is 0 Å². The Labute approximate surface area is 122 Å². The first-order valence-electron chi connectivity index (χ1n) is 5.57. The van der Waals surface area contributed by atoms with Gasteiger partial charge in [-0.25, -0.2) is 13.8 Å². The van der Waals surface area contributed by atoms with E-state index in [9.17, 15) is 8.78 Å². The van der Waals surface area contributed by atoms with Gasteiger partial charge in [-0.1, -0.05) is 29.3 Å². The predicted molar refractivity (Wildman–Crippen MR) is 75.4 cm³/mol. The van der Waals surface area contributed by atoms with Crippen molar-refractivity contribution in [1.29, 1.82) is 0 Å². The van der Waals surface area contributed by atoms with Gasteiger partial charge in [0.05, 0.1) is 21.2 Å². The zero-order valence-corrected chi connectivity index (χ0v) is 11.4. The summed E-state index contributed by atoms with van der Waals surface area (Å²) in [6, 6.07) is 7.12. The summed E-state index contributed by atoms with van der Waals surface area (Å²) < 4.78 is 28.7. The van der Waals surface area contributed by atoms with E-state index in [0.717, 1.165) is 6.07 Å². The third-order valence-corrected chi connectivity index (χ3v) is 3.51. The molecule has 0 aliphatic rings. The molecule has 0 saturated heterocycles. The Balaban J connectivity index is 2.48. The highest BCUT2D eigenvalue weighted by Crippen LogP contribution is 2.34. The van der Waals surface area contributed by atoms with Gasteiger partial charge in [-0.3, -0.25) is 4.57 Å². The van der Waals surface area contributed by atoms with Crippen molar-refractivity contribution >= 4 is 40.2 Å². The van der Waals surface area contributed by atoms with Crippen LogP contribution < -0.4 is 5.73 Å². The summed E-state index contributed by atoms with van der Waals surface area (Å²) in [6.45, 7) is 0. The number of aromatic nitrogens is 2. The van der Waals surface area contributed by atoms with Gasteiger partial charge in [0.25, 0.3) is 0 Å². The highest BCUT2D eigenvalue weighted by molar-refractivity contribution is 6.38. The van der Waals surface area contributed by atoms with E-state index in [1.165, 1.54) is 10.6 Å². The number of anilines is 1. The molecular formula is C13H7Cl2F2N3. The average Bonchev–Trinajstić information content (AvgIpc) is 2.72. The van der Waals surface area contributed by atoms with E-state index in [2.05, 4.69) is 4.98 Å². The van der Waals surface area contributed by atoms with E-state index in [-0.39, 0.29) is 32.7 Å². The van der Waals surface area contributed by atoms with Crippen LogP contribution in [0.1, 0.15) is 0 Å². The lowest BCUT2D eigenvalue weighted by Gasteiger charge is -2.11. The van der Waals surface area contributed by atoms with E-state index in [0.29, 0.717) is 0 Å². The van der Waals surface area contributed by atoms with Crippen molar-refractivity contribution in [3.63, 3.8) is 0 Å². The molecule has 0 radical (unpaired) electrons. The largest absolute Gasteiger partial charge is 0.369 e. The molecule has 3 rings (SSSR count). The lowest BCUT2D eigenvalue weighted by atomic mass is 10.2. The van der Waals surface area contributed by atoms with Crippen molar-refractivity contribution in [2.75, 3.05) is 5.73 Å². The van der Waals surface area contributed by atoms with Crippen LogP contribution in [-0.2, 0) is 0 Å². The van der Waals surface area contributed by atoms with Crippen LogP contribution >= 0.6 is 23.2 Å². The first kappa shape index (κ1) is 13.1. The van der Waals surface area contributed by atoms with Crippen LogP contribution in [0.3, 0.4) is 0 Å². The summed E-state index contributed by atoms with van der Waals surface area (Å²) in [5.74, 6) is -2.08. The molecule has 2 N–H and O–H groups in total. The normalized spacial score (nSPS) is 11.2. The van der Waals surface area contributed by atoms with Crippen molar-refractivity contribution in [1.82, 2.24) is 9.55 Å². The maximum absolute atomic E-state index is 14.0. The van der Waals surface area contributed by atoms with Gasteiger partial charge in [0, 0.05) is 0 Å². The minimum Gasteiger partial charge on any atom is -0.369 e. The Morgan fingerprint density at radius 1 is 1.05 bits per heavy atom. The number of imidazole rings is 1. The predicted octanol–water partition coefficient (Wildman–Crippen LogP) is 4.19. The van der Waals surface area contributed by atoms with Gasteiger partial charge in [0.2, 0.25) is 5.95 Å². The molecule has 3 aromatic rings. The first-order chi connectivity index (χ1) is 9.50. The van der Waals surface area contributed by atoms with E-state index in [1.807, 2.05) is 0 Å². The first-order valence-corrected chi connectivity index (χ1v) is 6.32. The second-order valence-electron chi connectivity index (χ2n) is 4.10. The second kappa shape index (κ2) is 4.61. The van der Waals surface area contributed by atoms with Gasteiger partial charge >= 0.3 is 0 Å². The van der Waals surface area contributed by atoms with Crippen LogP contribution in [-0.4, -0.2) is 9.55 Å². The summed E-state index contributed by atoms with van der Waals surface area (Å²) in [4.78, 5) is 3.99. The number of rotatable bonds is 1.